The minimum Gasteiger partial charge on any atom is -0.450 e. The second-order valence-electron chi connectivity index (χ2n) is 4.92. The van der Waals surface area contributed by atoms with Gasteiger partial charge in [0.25, 0.3) is 0 Å². The maximum atomic E-state index is 11.6. The first-order valence-corrected chi connectivity index (χ1v) is 8.05. The number of thiocarbonyl (C=S) groups is 1. The molecule has 2 aliphatic heterocycles. The summed E-state index contributed by atoms with van der Waals surface area (Å²) in [6, 6.07) is 0.452. The second-order valence-corrected chi connectivity index (χ2v) is 6.50. The highest BCUT2D eigenvalue weighted by Gasteiger charge is 2.31. The number of hydrogen-bond acceptors (Lipinski definition) is 5. The largest absolute Gasteiger partial charge is 0.450 e. The van der Waals surface area contributed by atoms with Crippen molar-refractivity contribution in [2.24, 2.45) is 0 Å². The van der Waals surface area contributed by atoms with Crippen molar-refractivity contribution >= 4 is 34.4 Å². The zero-order valence-electron chi connectivity index (χ0n) is 11.5. The Kier molecular flexibility index (Phi) is 5.29. The molecule has 2 rings (SSSR count). The van der Waals surface area contributed by atoms with Crippen LogP contribution in [0.15, 0.2) is 0 Å². The van der Waals surface area contributed by atoms with Crippen LogP contribution in [0.25, 0.3) is 0 Å². The average Bonchev–Trinajstić information content (AvgIpc) is 2.42. The van der Waals surface area contributed by atoms with E-state index in [4.69, 9.17) is 17.0 Å². The molecular formula is C12H21N3O2S2. The van der Waals surface area contributed by atoms with Crippen molar-refractivity contribution in [3.8, 4) is 0 Å². The predicted molar refractivity (Wildman–Crippen MR) is 81.1 cm³/mol. The zero-order valence-corrected chi connectivity index (χ0v) is 13.1. The summed E-state index contributed by atoms with van der Waals surface area (Å²) in [4.78, 5) is 18.0. The molecule has 0 spiro atoms. The number of ether oxygens (including phenoxy) is 1. The lowest BCUT2D eigenvalue weighted by Crippen LogP contribution is -2.52. The molecule has 0 aromatic rings. The molecule has 0 unspecified atom stereocenters. The van der Waals surface area contributed by atoms with Gasteiger partial charge in [-0.2, -0.15) is 0 Å². The van der Waals surface area contributed by atoms with Gasteiger partial charge in [-0.05, 0) is 26.8 Å². The molecule has 2 fully saturated rings. The second kappa shape index (κ2) is 6.76. The third-order valence-corrected chi connectivity index (χ3v) is 5.11. The smallest absolute Gasteiger partial charge is 0.409 e. The van der Waals surface area contributed by atoms with E-state index in [9.17, 15) is 4.79 Å². The van der Waals surface area contributed by atoms with Crippen LogP contribution in [0.4, 0.5) is 4.79 Å². The fraction of sp³-hybridized carbons (Fsp3) is 0.833. The van der Waals surface area contributed by atoms with E-state index in [0.717, 1.165) is 42.8 Å². The summed E-state index contributed by atoms with van der Waals surface area (Å²) < 4.78 is 6.03. The first-order chi connectivity index (χ1) is 9.11. The molecule has 0 bridgehead atoms. The lowest BCUT2D eigenvalue weighted by molar-refractivity contribution is 0.0813. The molecule has 7 heteroatoms. The van der Waals surface area contributed by atoms with Crippen molar-refractivity contribution in [2.75, 3.05) is 39.3 Å². The minimum absolute atomic E-state index is 0.186. The molecule has 0 aromatic carbocycles. The van der Waals surface area contributed by atoms with Crippen molar-refractivity contribution in [1.29, 1.82) is 0 Å². The Labute approximate surface area is 124 Å². The van der Waals surface area contributed by atoms with Gasteiger partial charge < -0.3 is 14.5 Å². The molecule has 2 saturated heterocycles. The van der Waals surface area contributed by atoms with Crippen LogP contribution in [0.3, 0.4) is 0 Å². The fourth-order valence-electron chi connectivity index (χ4n) is 2.45. The molecule has 2 heterocycles. The number of nitrogens with zero attached hydrogens (tertiary/aromatic N) is 3. The monoisotopic (exact) mass is 303 g/mol. The molecule has 1 amide bonds. The topological polar surface area (TPSA) is 36.0 Å². The van der Waals surface area contributed by atoms with Crippen molar-refractivity contribution in [3.05, 3.63) is 0 Å². The molecule has 0 aliphatic carbocycles. The van der Waals surface area contributed by atoms with Gasteiger partial charge in [0, 0.05) is 19.1 Å². The Morgan fingerprint density at radius 3 is 2.79 bits per heavy atom. The van der Waals surface area contributed by atoms with Gasteiger partial charge >= 0.3 is 6.09 Å². The minimum atomic E-state index is -0.186. The van der Waals surface area contributed by atoms with Crippen molar-refractivity contribution in [3.63, 3.8) is 0 Å². The number of rotatable bonds is 2. The van der Waals surface area contributed by atoms with Gasteiger partial charge in [0.15, 0.2) is 0 Å². The van der Waals surface area contributed by atoms with Gasteiger partial charge in [-0.3, -0.25) is 4.90 Å². The highest BCUT2D eigenvalue weighted by atomic mass is 32.2. The van der Waals surface area contributed by atoms with Crippen molar-refractivity contribution in [2.45, 2.75) is 25.8 Å². The Morgan fingerprint density at radius 2 is 2.16 bits per heavy atom. The first-order valence-electron chi connectivity index (χ1n) is 6.65. The first kappa shape index (κ1) is 14.9. The Morgan fingerprint density at radius 1 is 1.47 bits per heavy atom. The number of amides is 1. The lowest BCUT2D eigenvalue weighted by Gasteiger charge is -2.43. The van der Waals surface area contributed by atoms with Crippen molar-refractivity contribution < 1.29 is 9.53 Å². The maximum Gasteiger partial charge on any atom is 0.409 e. The van der Waals surface area contributed by atoms with Gasteiger partial charge in [-0.1, -0.05) is 24.0 Å². The van der Waals surface area contributed by atoms with E-state index in [1.54, 1.807) is 16.7 Å². The van der Waals surface area contributed by atoms with Gasteiger partial charge in [-0.15, -0.1) is 0 Å². The quantitative estimate of drug-likeness (QED) is 0.724. The van der Waals surface area contributed by atoms with Crippen LogP contribution in [-0.4, -0.2) is 70.4 Å². The lowest BCUT2D eigenvalue weighted by atomic mass is 10.0. The molecule has 0 aromatic heterocycles. The van der Waals surface area contributed by atoms with Crippen LogP contribution in [0, 0.1) is 0 Å². The number of carbonyl (C=O) groups excluding carboxylic acids is 1. The number of likely N-dealkylation sites (tertiary alicyclic amines) is 1. The fourth-order valence-corrected chi connectivity index (χ4v) is 3.60. The van der Waals surface area contributed by atoms with Crippen LogP contribution >= 0.6 is 24.0 Å². The number of piperidine rings is 1. The van der Waals surface area contributed by atoms with Gasteiger partial charge in [-0.25, -0.2) is 4.79 Å². The van der Waals surface area contributed by atoms with Gasteiger partial charge in [0.05, 0.1) is 19.2 Å². The molecule has 2 aliphatic rings. The Bertz CT molecular complexity index is 346. The van der Waals surface area contributed by atoms with Gasteiger partial charge in [0.2, 0.25) is 0 Å². The highest BCUT2D eigenvalue weighted by Crippen LogP contribution is 2.25. The standard InChI is InChI=1S/C12H21N3O2S2/c1-3-17-11(16)14-6-4-10(5-7-14)15-8-13(2)9-19-12(15)18/h10H,3-9H2,1-2H3. The third-order valence-electron chi connectivity index (χ3n) is 3.47. The van der Waals surface area contributed by atoms with E-state index in [-0.39, 0.29) is 6.09 Å². The van der Waals surface area contributed by atoms with Crippen LogP contribution in [0.5, 0.6) is 0 Å². The van der Waals surface area contributed by atoms with E-state index >= 15 is 0 Å². The molecule has 108 valence electrons. The summed E-state index contributed by atoms with van der Waals surface area (Å²) in [5.41, 5.74) is 0. The molecule has 0 atom stereocenters. The van der Waals surface area contributed by atoms with E-state index in [1.807, 2.05) is 6.92 Å². The average molecular weight is 303 g/mol. The predicted octanol–water partition coefficient (Wildman–Crippen LogP) is 1.79. The third kappa shape index (κ3) is 3.73. The molecular weight excluding hydrogens is 282 g/mol. The zero-order chi connectivity index (χ0) is 13.8. The number of carbonyl (C=O) groups is 1. The van der Waals surface area contributed by atoms with Crippen LogP contribution in [0.1, 0.15) is 19.8 Å². The SMILES string of the molecule is CCOC(=O)N1CCC(N2CN(C)CSC2=S)CC1. The van der Waals surface area contributed by atoms with Crippen LogP contribution < -0.4 is 0 Å². The normalized spacial score (nSPS) is 22.7. The molecule has 0 saturated carbocycles. The van der Waals surface area contributed by atoms with Crippen LogP contribution in [0.2, 0.25) is 0 Å². The summed E-state index contributed by atoms with van der Waals surface area (Å²) >= 11 is 7.16. The van der Waals surface area contributed by atoms with E-state index in [2.05, 4.69) is 16.8 Å². The van der Waals surface area contributed by atoms with E-state index in [0.29, 0.717) is 12.6 Å². The summed E-state index contributed by atoms with van der Waals surface area (Å²) in [6.07, 6.45) is 1.74. The molecule has 5 nitrogen and oxygen atoms in total. The molecule has 0 N–H and O–H groups in total. The molecule has 19 heavy (non-hydrogen) atoms. The summed E-state index contributed by atoms with van der Waals surface area (Å²) in [5, 5.41) is 0. The number of hydrogen-bond donors (Lipinski definition) is 0. The Hall–Kier alpha value is -0.530. The van der Waals surface area contributed by atoms with Gasteiger partial charge in [0.1, 0.15) is 4.32 Å². The van der Waals surface area contributed by atoms with Crippen LogP contribution in [-0.2, 0) is 4.74 Å². The number of thioether (sulfide) groups is 1. The maximum absolute atomic E-state index is 11.6. The van der Waals surface area contributed by atoms with Crippen molar-refractivity contribution in [1.82, 2.24) is 14.7 Å². The van der Waals surface area contributed by atoms with E-state index in [1.165, 1.54) is 0 Å². The van der Waals surface area contributed by atoms with E-state index < -0.39 is 0 Å². The summed E-state index contributed by atoms with van der Waals surface area (Å²) in [5.74, 6) is 0.969. The summed E-state index contributed by atoms with van der Waals surface area (Å²) in [6.45, 7) is 4.70. The molecule has 0 radical (unpaired) electrons. The summed E-state index contributed by atoms with van der Waals surface area (Å²) in [7, 11) is 2.11. The Balaban J connectivity index is 1.85. The highest BCUT2D eigenvalue weighted by molar-refractivity contribution is 8.22.